The van der Waals surface area contributed by atoms with Gasteiger partial charge in [0.2, 0.25) is 21.9 Å². The molecule has 2 heterocycles. The largest absolute Gasteiger partial charge is 0.394 e. The van der Waals surface area contributed by atoms with Crippen LogP contribution in [0.25, 0.3) is 0 Å². The molecular weight excluding hydrogens is 438 g/mol. The third-order valence-corrected chi connectivity index (χ3v) is 5.12. The van der Waals surface area contributed by atoms with Crippen LogP contribution in [0.4, 0.5) is 20.7 Å². The van der Waals surface area contributed by atoms with Crippen molar-refractivity contribution in [3.8, 4) is 0 Å². The van der Waals surface area contributed by atoms with E-state index in [9.17, 15) is 22.3 Å². The number of nitrogens with zero attached hydrogens (tertiary/aromatic N) is 4. The number of nitrogens with one attached hydrogen (secondary N) is 2. The van der Waals surface area contributed by atoms with Crippen LogP contribution >= 0.6 is 11.8 Å². The lowest BCUT2D eigenvalue weighted by molar-refractivity contribution is 0.0184. The zero-order valence-corrected chi connectivity index (χ0v) is 18.3. The number of anilines is 2. The summed E-state index contributed by atoms with van der Waals surface area (Å²) in [5, 5.41) is 12.3. The lowest BCUT2D eigenvalue weighted by Gasteiger charge is -2.19. The van der Waals surface area contributed by atoms with Crippen LogP contribution in [-0.2, 0) is 15.9 Å². The highest BCUT2D eigenvalue weighted by atomic mass is 32.2. The highest BCUT2D eigenvalue weighted by Crippen LogP contribution is 2.32. The highest BCUT2D eigenvalue weighted by molar-refractivity contribution is 7.99. The molecule has 0 aliphatic heterocycles. The maximum absolute atomic E-state index is 14.4. The predicted molar refractivity (Wildman–Crippen MR) is 111 cm³/mol. The van der Waals surface area contributed by atoms with Gasteiger partial charge >= 0.3 is 0 Å². The van der Waals surface area contributed by atoms with E-state index >= 15 is 0 Å². The van der Waals surface area contributed by atoms with Gasteiger partial charge in [-0.25, -0.2) is 8.42 Å². The Morgan fingerprint density at radius 2 is 1.90 bits per heavy atom. The van der Waals surface area contributed by atoms with Gasteiger partial charge in [-0.1, -0.05) is 31.7 Å². The van der Waals surface area contributed by atoms with Crippen LogP contribution in [0, 0.1) is 5.92 Å². The van der Waals surface area contributed by atoms with Gasteiger partial charge < -0.3 is 10.4 Å². The molecule has 0 bridgehead atoms. The Morgan fingerprint density at radius 1 is 1.20 bits per heavy atom. The van der Waals surface area contributed by atoms with Crippen molar-refractivity contribution in [2.75, 3.05) is 28.7 Å². The fourth-order valence-corrected chi connectivity index (χ4v) is 3.62. The van der Waals surface area contributed by atoms with Crippen LogP contribution in [0.1, 0.15) is 26.0 Å². The first-order chi connectivity index (χ1) is 14.0. The minimum Gasteiger partial charge on any atom is -0.394 e. The molecule has 13 heteroatoms. The third kappa shape index (κ3) is 7.95. The molecule has 0 aromatic carbocycles. The average Bonchev–Trinajstić information content (AvgIpc) is 2.65. The van der Waals surface area contributed by atoms with E-state index in [1.807, 2.05) is 13.8 Å². The zero-order valence-electron chi connectivity index (χ0n) is 16.7. The van der Waals surface area contributed by atoms with Crippen LogP contribution in [-0.4, -0.2) is 58.1 Å². The minimum atomic E-state index is -3.70. The standard InChI is InChI=1S/C17H24F2N6O3S2/c1-11(2)8-12(9-26)21-14-22-15(25-30(3,27)28)24-16(23-14)29-10-17(18,19)13-6-4-5-7-20-13/h4-7,11-12,26H,8-10H2,1-3H3,(H2,21,22,23,24,25)/t12-/m1/s1. The van der Waals surface area contributed by atoms with E-state index in [0.717, 1.165) is 6.26 Å². The van der Waals surface area contributed by atoms with Crippen molar-refractivity contribution in [1.29, 1.82) is 0 Å². The first kappa shape index (κ1) is 24.2. The number of sulfonamides is 1. The Balaban J connectivity index is 2.25. The summed E-state index contributed by atoms with van der Waals surface area (Å²) in [7, 11) is -3.70. The van der Waals surface area contributed by atoms with Gasteiger partial charge in [0.1, 0.15) is 5.69 Å². The summed E-state index contributed by atoms with van der Waals surface area (Å²) in [5.74, 6) is -4.03. The van der Waals surface area contributed by atoms with Gasteiger partial charge in [0.15, 0.2) is 5.16 Å². The minimum absolute atomic E-state index is 0.0282. The number of aliphatic hydroxyl groups is 1. The second kappa shape index (κ2) is 10.3. The SMILES string of the molecule is CC(C)C[C@H](CO)Nc1nc(NS(C)(=O)=O)nc(SCC(F)(F)c2ccccn2)n1. The monoisotopic (exact) mass is 462 g/mol. The molecule has 0 amide bonds. The van der Waals surface area contributed by atoms with Gasteiger partial charge in [0.25, 0.3) is 5.92 Å². The Hall–Kier alpha value is -2.12. The molecule has 0 fully saturated rings. The van der Waals surface area contributed by atoms with Crippen molar-refractivity contribution in [3.05, 3.63) is 30.1 Å². The molecule has 2 aromatic rings. The van der Waals surface area contributed by atoms with E-state index < -0.39 is 33.4 Å². The molecule has 2 rings (SSSR count). The van der Waals surface area contributed by atoms with Gasteiger partial charge in [0, 0.05) is 6.20 Å². The summed E-state index contributed by atoms with van der Waals surface area (Å²) < 4.78 is 54.0. The molecule has 0 saturated carbocycles. The summed E-state index contributed by atoms with van der Waals surface area (Å²) >= 11 is 0.636. The van der Waals surface area contributed by atoms with Gasteiger partial charge in [-0.2, -0.15) is 23.7 Å². The second-order valence-electron chi connectivity index (χ2n) is 7.00. The Labute approximate surface area is 178 Å². The molecule has 0 aliphatic carbocycles. The molecule has 0 spiro atoms. The van der Waals surface area contributed by atoms with Crippen LogP contribution < -0.4 is 10.0 Å². The molecule has 30 heavy (non-hydrogen) atoms. The number of halogens is 2. The van der Waals surface area contributed by atoms with Crippen molar-refractivity contribution < 1.29 is 22.3 Å². The van der Waals surface area contributed by atoms with Crippen molar-refractivity contribution >= 4 is 33.7 Å². The normalized spacial score (nSPS) is 13.3. The van der Waals surface area contributed by atoms with E-state index in [0.29, 0.717) is 18.2 Å². The number of alkyl halides is 2. The molecule has 0 aliphatic rings. The predicted octanol–water partition coefficient (Wildman–Crippen LogP) is 2.34. The summed E-state index contributed by atoms with van der Waals surface area (Å²) in [6.45, 7) is 3.73. The van der Waals surface area contributed by atoms with E-state index in [1.54, 1.807) is 0 Å². The van der Waals surface area contributed by atoms with E-state index in [4.69, 9.17) is 0 Å². The summed E-state index contributed by atoms with van der Waals surface area (Å²) in [5.41, 5.74) is -0.392. The number of aliphatic hydroxyl groups excluding tert-OH is 1. The lowest BCUT2D eigenvalue weighted by Crippen LogP contribution is -2.27. The number of rotatable bonds is 11. The van der Waals surface area contributed by atoms with Gasteiger partial charge in [-0.05, 0) is 24.5 Å². The Bertz CT molecular complexity index is 932. The molecule has 2 aromatic heterocycles. The Morgan fingerprint density at radius 3 is 2.47 bits per heavy atom. The fraction of sp³-hybridized carbons (Fsp3) is 0.529. The van der Waals surface area contributed by atoms with Crippen LogP contribution in [0.5, 0.6) is 0 Å². The number of hydrogen-bond donors (Lipinski definition) is 3. The summed E-state index contributed by atoms with van der Waals surface area (Å²) in [4.78, 5) is 15.6. The molecule has 9 nitrogen and oxygen atoms in total. The maximum atomic E-state index is 14.4. The number of hydrogen-bond acceptors (Lipinski definition) is 9. The van der Waals surface area contributed by atoms with Crippen molar-refractivity contribution in [1.82, 2.24) is 19.9 Å². The first-order valence-electron chi connectivity index (χ1n) is 9.02. The number of pyridine rings is 1. The summed E-state index contributed by atoms with van der Waals surface area (Å²) in [6.07, 6.45) is 2.79. The van der Waals surface area contributed by atoms with Crippen LogP contribution in [0.15, 0.2) is 29.6 Å². The van der Waals surface area contributed by atoms with Crippen molar-refractivity contribution in [2.45, 2.75) is 37.4 Å². The van der Waals surface area contributed by atoms with Crippen molar-refractivity contribution in [3.63, 3.8) is 0 Å². The second-order valence-corrected chi connectivity index (χ2v) is 9.69. The highest BCUT2D eigenvalue weighted by Gasteiger charge is 2.33. The molecule has 0 unspecified atom stereocenters. The molecular formula is C17H24F2N6O3S2. The van der Waals surface area contributed by atoms with E-state index in [1.165, 1.54) is 24.4 Å². The lowest BCUT2D eigenvalue weighted by atomic mass is 10.0. The van der Waals surface area contributed by atoms with Crippen LogP contribution in [0.2, 0.25) is 0 Å². The van der Waals surface area contributed by atoms with Gasteiger partial charge in [-0.15, -0.1) is 0 Å². The molecule has 0 saturated heterocycles. The quantitative estimate of drug-likeness (QED) is 0.431. The van der Waals surface area contributed by atoms with E-state index in [-0.39, 0.29) is 29.6 Å². The number of thioether (sulfide) groups is 1. The molecule has 3 N–H and O–H groups in total. The summed E-state index contributed by atoms with van der Waals surface area (Å²) in [6, 6.07) is 3.82. The fourth-order valence-electron chi connectivity index (χ4n) is 2.44. The maximum Gasteiger partial charge on any atom is 0.299 e. The first-order valence-corrected chi connectivity index (χ1v) is 11.9. The molecule has 166 valence electrons. The van der Waals surface area contributed by atoms with Crippen molar-refractivity contribution in [2.24, 2.45) is 5.92 Å². The number of aromatic nitrogens is 4. The average molecular weight is 463 g/mol. The van der Waals surface area contributed by atoms with Gasteiger partial charge in [0.05, 0.1) is 24.7 Å². The van der Waals surface area contributed by atoms with E-state index in [2.05, 4.69) is 30.0 Å². The Kier molecular flexibility index (Phi) is 8.26. The topological polar surface area (TPSA) is 130 Å². The third-order valence-electron chi connectivity index (χ3n) is 3.62. The van der Waals surface area contributed by atoms with Crippen LogP contribution in [0.3, 0.4) is 0 Å². The van der Waals surface area contributed by atoms with Gasteiger partial charge in [-0.3, -0.25) is 9.71 Å². The zero-order chi connectivity index (χ0) is 22.4. The smallest absolute Gasteiger partial charge is 0.299 e. The molecule has 1 atom stereocenters. The molecule has 0 radical (unpaired) electrons.